The lowest BCUT2D eigenvalue weighted by molar-refractivity contribution is 0.759. The van der Waals surface area contributed by atoms with E-state index >= 15 is 0 Å². The van der Waals surface area contributed by atoms with Crippen molar-refractivity contribution in [3.05, 3.63) is 34.9 Å². The number of nitrogens with zero attached hydrogens (tertiary/aromatic N) is 1. The fourth-order valence-corrected chi connectivity index (χ4v) is 1.81. The molecule has 0 radical (unpaired) electrons. The minimum absolute atomic E-state index is 0.0692. The van der Waals surface area contributed by atoms with Crippen molar-refractivity contribution in [2.75, 3.05) is 0 Å². The van der Waals surface area contributed by atoms with Gasteiger partial charge in [0.25, 0.3) is 0 Å². The second kappa shape index (κ2) is 2.79. The Morgan fingerprint density at radius 3 is 2.67 bits per heavy atom. The van der Waals surface area contributed by atoms with Crippen LogP contribution in [0.1, 0.15) is 18.4 Å². The first kappa shape index (κ1) is 8.14. The topological polar surface area (TPSA) is 12.4 Å². The summed E-state index contributed by atoms with van der Waals surface area (Å²) in [5.74, 6) is 0. The molecule has 1 aromatic carbocycles. The number of benzene rings is 1. The van der Waals surface area contributed by atoms with Crippen LogP contribution < -0.4 is 0 Å². The van der Waals surface area contributed by atoms with Gasteiger partial charge in [0.1, 0.15) is 0 Å². The second-order valence-electron chi connectivity index (χ2n) is 3.13. The average molecular weight is 198 g/mol. The summed E-state index contributed by atoms with van der Waals surface area (Å²) >= 11 is 10.6. The smallest absolute Gasteiger partial charge is 0.0989 e. The molecular weight excluding hydrogens is 190 g/mol. The van der Waals surface area contributed by atoms with E-state index in [2.05, 4.69) is 4.36 Å². The molecule has 1 fully saturated rings. The molecule has 0 aromatic heterocycles. The van der Waals surface area contributed by atoms with E-state index in [1.54, 1.807) is 0 Å². The van der Waals surface area contributed by atoms with E-state index in [4.69, 9.17) is 24.0 Å². The van der Waals surface area contributed by atoms with E-state index in [1.807, 2.05) is 24.3 Å². The Bertz CT molecular complexity index is 320. The molecule has 0 aliphatic heterocycles. The Kier molecular flexibility index (Phi) is 1.89. The predicted molar refractivity (Wildman–Crippen MR) is 52.2 cm³/mol. The van der Waals surface area contributed by atoms with Gasteiger partial charge in [-0.25, -0.2) is 4.36 Å². The third-order valence-corrected chi connectivity index (χ3v) is 2.84. The minimum Gasteiger partial charge on any atom is -0.208 e. The third kappa shape index (κ3) is 1.25. The van der Waals surface area contributed by atoms with Gasteiger partial charge in [-0.05, 0) is 30.5 Å². The van der Waals surface area contributed by atoms with E-state index in [1.165, 1.54) is 0 Å². The predicted octanol–water partition coefficient (Wildman–Crippen LogP) is 3.06. The molecule has 0 unspecified atom stereocenters. The molecule has 0 N–H and O–H groups in total. The lowest BCUT2D eigenvalue weighted by Gasteiger charge is -2.07. The van der Waals surface area contributed by atoms with Crippen molar-refractivity contribution in [1.82, 2.24) is 0 Å². The fourth-order valence-electron chi connectivity index (χ4n) is 1.33. The van der Waals surface area contributed by atoms with Gasteiger partial charge in [0, 0.05) is 17.4 Å². The monoisotopic (exact) mass is 197 g/mol. The number of hydrogen-bond acceptors (Lipinski definition) is 2. The molecule has 0 saturated heterocycles. The first-order chi connectivity index (χ1) is 5.77. The average Bonchev–Trinajstić information content (AvgIpc) is 2.84. The molecule has 0 spiro atoms. The van der Waals surface area contributed by atoms with Gasteiger partial charge in [-0.2, -0.15) is 0 Å². The van der Waals surface area contributed by atoms with Gasteiger partial charge < -0.3 is 0 Å². The summed E-state index contributed by atoms with van der Waals surface area (Å²) in [5, 5.41) is 0.762. The molecule has 2 rings (SSSR count). The Hall–Kier alpha value is -0.470. The Morgan fingerprint density at radius 2 is 2.17 bits per heavy atom. The quantitative estimate of drug-likeness (QED) is 0.710. The van der Waals surface area contributed by atoms with Crippen LogP contribution in [0.4, 0.5) is 0 Å². The van der Waals surface area contributed by atoms with Crippen LogP contribution in [0.25, 0.3) is 0 Å². The van der Waals surface area contributed by atoms with E-state index in [0.29, 0.717) is 0 Å². The standard InChI is InChI=1S/C9H8ClNS/c10-8-3-1-2-7(6-8)9(11-12)4-5-9/h1-3,6H,4-5H2. The van der Waals surface area contributed by atoms with Crippen molar-refractivity contribution in [2.45, 2.75) is 18.4 Å². The molecule has 1 aliphatic carbocycles. The molecule has 3 heteroatoms. The minimum atomic E-state index is -0.0692. The van der Waals surface area contributed by atoms with Crippen LogP contribution in [-0.4, -0.2) is 0 Å². The maximum atomic E-state index is 5.86. The second-order valence-corrected chi connectivity index (χ2v) is 3.75. The van der Waals surface area contributed by atoms with Gasteiger partial charge in [0.05, 0.1) is 5.54 Å². The van der Waals surface area contributed by atoms with Gasteiger partial charge in [-0.15, -0.1) is 0 Å². The molecule has 0 heterocycles. The van der Waals surface area contributed by atoms with Crippen LogP contribution in [0.15, 0.2) is 28.6 Å². The summed E-state index contributed by atoms with van der Waals surface area (Å²) in [6.45, 7) is 0. The Morgan fingerprint density at radius 1 is 1.42 bits per heavy atom. The van der Waals surface area contributed by atoms with Crippen molar-refractivity contribution >= 4 is 24.0 Å². The van der Waals surface area contributed by atoms with E-state index in [-0.39, 0.29) is 5.54 Å². The number of hydrogen-bond donors (Lipinski definition) is 0. The highest BCUT2D eigenvalue weighted by Gasteiger charge is 2.44. The van der Waals surface area contributed by atoms with Crippen molar-refractivity contribution in [2.24, 2.45) is 4.36 Å². The molecule has 0 bridgehead atoms. The largest absolute Gasteiger partial charge is 0.208 e. The molecule has 1 nitrogen and oxygen atoms in total. The summed E-state index contributed by atoms with van der Waals surface area (Å²) in [7, 11) is 0. The SMILES string of the molecule is S=NC1(c2cccc(Cl)c2)CC1. The van der Waals surface area contributed by atoms with E-state index < -0.39 is 0 Å². The first-order valence-corrected chi connectivity index (χ1v) is 4.62. The fraction of sp³-hybridized carbons (Fsp3) is 0.333. The molecule has 1 saturated carbocycles. The van der Waals surface area contributed by atoms with Crippen LogP contribution in [0, 0.1) is 0 Å². The lowest BCUT2D eigenvalue weighted by atomic mass is 10.1. The highest BCUT2D eigenvalue weighted by molar-refractivity contribution is 7.47. The van der Waals surface area contributed by atoms with Crippen LogP contribution in [0.2, 0.25) is 5.02 Å². The van der Waals surface area contributed by atoms with Gasteiger partial charge in [0.15, 0.2) is 0 Å². The number of rotatable bonds is 2. The first-order valence-electron chi connectivity index (χ1n) is 3.87. The zero-order chi connectivity index (χ0) is 8.60. The zero-order valence-corrected chi connectivity index (χ0v) is 8.03. The molecule has 0 amide bonds. The van der Waals surface area contributed by atoms with Crippen molar-refractivity contribution in [1.29, 1.82) is 0 Å². The van der Waals surface area contributed by atoms with Gasteiger partial charge in [0.2, 0.25) is 0 Å². The Balaban J connectivity index is 2.40. The lowest BCUT2D eigenvalue weighted by Crippen LogP contribution is -2.00. The van der Waals surface area contributed by atoms with Gasteiger partial charge in [-0.3, -0.25) is 0 Å². The van der Waals surface area contributed by atoms with Crippen molar-refractivity contribution in [3.63, 3.8) is 0 Å². The van der Waals surface area contributed by atoms with Crippen LogP contribution in [0.3, 0.4) is 0 Å². The van der Waals surface area contributed by atoms with Gasteiger partial charge >= 0.3 is 0 Å². The van der Waals surface area contributed by atoms with Crippen molar-refractivity contribution in [3.8, 4) is 0 Å². The Labute approximate surface area is 81.9 Å². The molecule has 12 heavy (non-hydrogen) atoms. The van der Waals surface area contributed by atoms with E-state index in [9.17, 15) is 0 Å². The highest BCUT2D eigenvalue weighted by atomic mass is 35.5. The normalized spacial score (nSPS) is 18.8. The van der Waals surface area contributed by atoms with Crippen LogP contribution in [0.5, 0.6) is 0 Å². The van der Waals surface area contributed by atoms with Crippen molar-refractivity contribution < 1.29 is 0 Å². The summed E-state index contributed by atoms with van der Waals surface area (Å²) in [5.41, 5.74) is 1.09. The highest BCUT2D eigenvalue weighted by Crippen LogP contribution is 2.49. The molecule has 1 aliphatic rings. The number of halogens is 1. The third-order valence-electron chi connectivity index (χ3n) is 2.26. The zero-order valence-electron chi connectivity index (χ0n) is 6.46. The summed E-state index contributed by atoms with van der Waals surface area (Å²) < 4.78 is 3.97. The van der Waals surface area contributed by atoms with Gasteiger partial charge in [-0.1, -0.05) is 23.7 Å². The summed E-state index contributed by atoms with van der Waals surface area (Å²) in [6.07, 6.45) is 2.13. The molecule has 1 aromatic rings. The van der Waals surface area contributed by atoms with Crippen LogP contribution in [-0.2, 0) is 18.0 Å². The molecule has 0 atom stereocenters. The maximum Gasteiger partial charge on any atom is 0.0989 e. The molecular formula is C9H8ClNS. The maximum absolute atomic E-state index is 5.86. The van der Waals surface area contributed by atoms with E-state index in [0.717, 1.165) is 23.4 Å². The summed E-state index contributed by atoms with van der Waals surface area (Å²) in [4.78, 5) is 0. The summed E-state index contributed by atoms with van der Waals surface area (Å²) in [6, 6.07) is 7.79. The van der Waals surface area contributed by atoms with Crippen LogP contribution >= 0.6 is 11.6 Å². The molecule has 62 valence electrons.